The van der Waals surface area contributed by atoms with Crippen LogP contribution in [0.3, 0.4) is 0 Å². The van der Waals surface area contributed by atoms with Crippen LogP contribution >= 0.6 is 0 Å². The number of esters is 1. The van der Waals surface area contributed by atoms with E-state index in [1.165, 1.54) is 0 Å². The number of carboxylic acids is 1. The molecule has 0 bridgehead atoms. The lowest BCUT2D eigenvalue weighted by Gasteiger charge is -2.16. The fourth-order valence-electron chi connectivity index (χ4n) is 2.29. The first-order valence-electron chi connectivity index (χ1n) is 8.17. The molecule has 0 fully saturated rings. The van der Waals surface area contributed by atoms with Gasteiger partial charge in [0, 0.05) is 5.57 Å². The first kappa shape index (κ1) is 18.9. The van der Waals surface area contributed by atoms with Gasteiger partial charge in [-0.25, -0.2) is 9.59 Å². The molecule has 0 spiro atoms. The number of unbranched alkanes of at least 4 members (excludes halogenated alkanes) is 2. The zero-order chi connectivity index (χ0) is 17.4. The molecule has 126 valence electrons. The summed E-state index contributed by atoms with van der Waals surface area (Å²) in [6.07, 6.45) is 5.16. The highest BCUT2D eigenvalue weighted by molar-refractivity contribution is 5.91. The van der Waals surface area contributed by atoms with E-state index in [1.807, 2.05) is 0 Å². The number of aromatic carboxylic acids is 1. The molecule has 0 saturated carbocycles. The van der Waals surface area contributed by atoms with Crippen LogP contribution in [0.15, 0.2) is 24.3 Å². The third-order valence-corrected chi connectivity index (χ3v) is 3.63. The average molecular weight is 318 g/mol. The van der Waals surface area contributed by atoms with Gasteiger partial charge in [0.2, 0.25) is 0 Å². The summed E-state index contributed by atoms with van der Waals surface area (Å²) in [6, 6.07) is 3.24. The van der Waals surface area contributed by atoms with Gasteiger partial charge in [-0.15, -0.1) is 0 Å². The molecule has 1 N–H and O–H groups in total. The smallest absolute Gasteiger partial charge is 0.338 e. The van der Waals surface area contributed by atoms with Gasteiger partial charge in [0.05, 0.1) is 5.56 Å². The molecular formula is C19H26O4. The van der Waals surface area contributed by atoms with E-state index in [9.17, 15) is 14.7 Å². The van der Waals surface area contributed by atoms with Crippen molar-refractivity contribution in [2.45, 2.75) is 59.3 Å². The largest absolute Gasteiger partial charge is 0.478 e. The van der Waals surface area contributed by atoms with Crippen molar-refractivity contribution < 1.29 is 19.4 Å². The van der Waals surface area contributed by atoms with Gasteiger partial charge in [-0.05, 0) is 55.9 Å². The summed E-state index contributed by atoms with van der Waals surface area (Å²) >= 11 is 0. The summed E-state index contributed by atoms with van der Waals surface area (Å²) in [4.78, 5) is 23.3. The van der Waals surface area contributed by atoms with Gasteiger partial charge in [-0.1, -0.05) is 33.3 Å². The summed E-state index contributed by atoms with van der Waals surface area (Å²) < 4.78 is 5.54. The minimum atomic E-state index is -0.960. The zero-order valence-corrected chi connectivity index (χ0v) is 14.3. The molecule has 4 nitrogen and oxygen atoms in total. The number of benzene rings is 1. The van der Waals surface area contributed by atoms with Gasteiger partial charge in [-0.3, -0.25) is 0 Å². The number of rotatable bonds is 9. The van der Waals surface area contributed by atoms with Crippen LogP contribution in [-0.4, -0.2) is 17.0 Å². The SMILES string of the molecule is C=C(C)C(=O)Oc1c(CCCC)cc(C(=O)O)cc1CCCC. The summed E-state index contributed by atoms with van der Waals surface area (Å²) in [7, 11) is 0. The molecule has 0 saturated heterocycles. The minimum absolute atomic E-state index is 0.248. The third-order valence-electron chi connectivity index (χ3n) is 3.63. The Morgan fingerprint density at radius 2 is 1.57 bits per heavy atom. The van der Waals surface area contributed by atoms with Gasteiger partial charge >= 0.3 is 11.9 Å². The number of carbonyl (C=O) groups is 2. The van der Waals surface area contributed by atoms with Crippen LogP contribution in [0.25, 0.3) is 0 Å². The normalized spacial score (nSPS) is 10.4. The Labute approximate surface area is 138 Å². The van der Waals surface area contributed by atoms with E-state index in [4.69, 9.17) is 4.74 Å². The van der Waals surface area contributed by atoms with E-state index in [0.29, 0.717) is 24.2 Å². The van der Waals surface area contributed by atoms with Crippen LogP contribution in [-0.2, 0) is 17.6 Å². The third kappa shape index (κ3) is 5.55. The van der Waals surface area contributed by atoms with Crippen molar-refractivity contribution in [3.05, 3.63) is 41.0 Å². The number of ether oxygens (including phenoxy) is 1. The molecule has 1 rings (SSSR count). The fourth-order valence-corrected chi connectivity index (χ4v) is 2.29. The maximum atomic E-state index is 11.9. The van der Waals surface area contributed by atoms with Crippen molar-refractivity contribution in [3.8, 4) is 5.75 Å². The van der Waals surface area contributed by atoms with Crippen molar-refractivity contribution in [1.29, 1.82) is 0 Å². The summed E-state index contributed by atoms with van der Waals surface area (Å²) in [5, 5.41) is 9.32. The summed E-state index contributed by atoms with van der Waals surface area (Å²) in [5.41, 5.74) is 2.15. The molecule has 0 aromatic heterocycles. The van der Waals surface area contributed by atoms with Gasteiger partial charge in [0.1, 0.15) is 5.75 Å². The summed E-state index contributed by atoms with van der Waals surface area (Å²) in [5.74, 6) is -0.910. The molecule has 0 atom stereocenters. The quantitative estimate of drug-likeness (QED) is 0.412. The van der Waals surface area contributed by atoms with E-state index in [-0.39, 0.29) is 5.56 Å². The van der Waals surface area contributed by atoms with Crippen LogP contribution in [0.4, 0.5) is 0 Å². The predicted octanol–water partition coefficient (Wildman–Crippen LogP) is 4.55. The molecule has 0 unspecified atom stereocenters. The van der Waals surface area contributed by atoms with Crippen LogP contribution in [0.2, 0.25) is 0 Å². The van der Waals surface area contributed by atoms with E-state index >= 15 is 0 Å². The lowest BCUT2D eigenvalue weighted by molar-refractivity contribution is -0.130. The Bertz CT molecular complexity index is 558. The first-order chi connectivity index (χ1) is 10.9. The number of carboxylic acid groups (broad SMARTS) is 1. The Morgan fingerprint density at radius 3 is 1.91 bits per heavy atom. The molecule has 0 aliphatic heterocycles. The molecule has 0 radical (unpaired) electrons. The minimum Gasteiger partial charge on any atom is -0.478 e. The van der Waals surface area contributed by atoms with Crippen molar-refractivity contribution in [2.75, 3.05) is 0 Å². The average Bonchev–Trinajstić information content (AvgIpc) is 2.51. The highest BCUT2D eigenvalue weighted by Crippen LogP contribution is 2.30. The number of aryl methyl sites for hydroxylation is 2. The zero-order valence-electron chi connectivity index (χ0n) is 14.3. The standard InChI is InChI=1S/C19H26O4/c1-5-7-9-14-11-16(18(20)21)12-15(10-8-6-2)17(14)23-19(22)13(3)4/h11-12H,3,5-10H2,1-2,4H3,(H,20,21). The molecule has 0 amide bonds. The first-order valence-corrected chi connectivity index (χ1v) is 8.17. The second-order valence-electron chi connectivity index (χ2n) is 5.81. The number of hydrogen-bond donors (Lipinski definition) is 1. The molecule has 4 heteroatoms. The predicted molar refractivity (Wildman–Crippen MR) is 91.1 cm³/mol. The topological polar surface area (TPSA) is 63.6 Å². The van der Waals surface area contributed by atoms with Gasteiger partial charge in [0.25, 0.3) is 0 Å². The van der Waals surface area contributed by atoms with E-state index in [1.54, 1.807) is 19.1 Å². The Kier molecular flexibility index (Phi) is 7.52. The lowest BCUT2D eigenvalue weighted by atomic mass is 9.97. The molecule has 1 aromatic rings. The highest BCUT2D eigenvalue weighted by Gasteiger charge is 2.18. The maximum Gasteiger partial charge on any atom is 0.338 e. The molecule has 0 aliphatic carbocycles. The van der Waals surface area contributed by atoms with Gasteiger partial charge in [0.15, 0.2) is 0 Å². The Hall–Kier alpha value is -2.10. The monoisotopic (exact) mass is 318 g/mol. The van der Waals surface area contributed by atoms with Crippen molar-refractivity contribution in [3.63, 3.8) is 0 Å². The van der Waals surface area contributed by atoms with Crippen molar-refractivity contribution in [1.82, 2.24) is 0 Å². The highest BCUT2D eigenvalue weighted by atomic mass is 16.5. The molecular weight excluding hydrogens is 292 g/mol. The van der Waals surface area contributed by atoms with E-state index in [0.717, 1.165) is 36.8 Å². The second kappa shape index (κ2) is 9.13. The molecule has 0 aliphatic rings. The number of carbonyl (C=O) groups excluding carboxylic acids is 1. The molecule has 1 aromatic carbocycles. The molecule has 23 heavy (non-hydrogen) atoms. The van der Waals surface area contributed by atoms with Gasteiger partial charge < -0.3 is 9.84 Å². The second-order valence-corrected chi connectivity index (χ2v) is 5.81. The van der Waals surface area contributed by atoms with Crippen LogP contribution in [0.1, 0.15) is 67.9 Å². The van der Waals surface area contributed by atoms with Crippen molar-refractivity contribution in [2.24, 2.45) is 0 Å². The van der Waals surface area contributed by atoms with E-state index in [2.05, 4.69) is 20.4 Å². The molecule has 0 heterocycles. The Morgan fingerprint density at radius 1 is 1.09 bits per heavy atom. The van der Waals surface area contributed by atoms with Crippen LogP contribution in [0, 0.1) is 0 Å². The van der Waals surface area contributed by atoms with Crippen LogP contribution < -0.4 is 4.74 Å². The summed E-state index contributed by atoms with van der Waals surface area (Å²) in [6.45, 7) is 9.35. The maximum absolute atomic E-state index is 11.9. The fraction of sp³-hybridized carbons (Fsp3) is 0.474. The van der Waals surface area contributed by atoms with E-state index < -0.39 is 11.9 Å². The number of hydrogen-bond acceptors (Lipinski definition) is 3. The lowest BCUT2D eigenvalue weighted by Crippen LogP contribution is -2.13. The van der Waals surface area contributed by atoms with Crippen molar-refractivity contribution >= 4 is 11.9 Å². The Balaban J connectivity index is 3.34. The van der Waals surface area contributed by atoms with Gasteiger partial charge in [-0.2, -0.15) is 0 Å². The van der Waals surface area contributed by atoms with Crippen LogP contribution in [0.5, 0.6) is 5.75 Å².